The number of carbonyl (C=O) groups is 1. The minimum atomic E-state index is -3.83. The van der Waals surface area contributed by atoms with Crippen LogP contribution in [0.4, 0.5) is 0 Å². The second-order valence-electron chi connectivity index (χ2n) is 5.81. The molecule has 22 heavy (non-hydrogen) atoms. The third kappa shape index (κ3) is 3.75. The smallest absolute Gasteiger partial charge is 0.301 e. The van der Waals surface area contributed by atoms with Crippen LogP contribution in [0.1, 0.15) is 36.9 Å². The molecule has 7 heteroatoms. The fraction of sp³-hybridized carbons (Fsp3) is 0.267. The van der Waals surface area contributed by atoms with Crippen molar-refractivity contribution in [1.82, 2.24) is 10.3 Å². The Morgan fingerprint density at radius 2 is 1.73 bits per heavy atom. The summed E-state index contributed by atoms with van der Waals surface area (Å²) in [4.78, 5) is 13.7. The normalized spacial score (nSPS) is 12.1. The number of nitrogens with one attached hydrogen (secondary N) is 2. The number of hydrogen-bond donors (Lipinski definition) is 2. The maximum atomic E-state index is 12.1. The Morgan fingerprint density at radius 3 is 2.23 bits per heavy atom. The van der Waals surface area contributed by atoms with Crippen LogP contribution in [0, 0.1) is 0 Å². The van der Waals surface area contributed by atoms with Gasteiger partial charge in [-0.3, -0.25) is 10.2 Å². The van der Waals surface area contributed by atoms with Gasteiger partial charge in [0.1, 0.15) is 0 Å². The van der Waals surface area contributed by atoms with Crippen LogP contribution < -0.4 is 10.3 Å². The molecule has 0 saturated heterocycles. The van der Waals surface area contributed by atoms with Crippen molar-refractivity contribution in [2.75, 3.05) is 0 Å². The Balaban J connectivity index is 2.09. The quantitative estimate of drug-likeness (QED) is 0.845. The molecule has 1 heterocycles. The maximum absolute atomic E-state index is 12.1. The molecule has 1 amide bonds. The van der Waals surface area contributed by atoms with Crippen molar-refractivity contribution in [3.8, 4) is 0 Å². The summed E-state index contributed by atoms with van der Waals surface area (Å²) < 4.78 is 29.1. The number of rotatable bonds is 4. The first-order valence-corrected chi connectivity index (χ1v) is 8.15. The molecule has 0 aliphatic rings. The van der Waals surface area contributed by atoms with Gasteiger partial charge in [0.2, 0.25) is 0 Å². The van der Waals surface area contributed by atoms with Crippen LogP contribution in [-0.2, 0) is 15.4 Å². The highest BCUT2D eigenvalue weighted by molar-refractivity contribution is 7.89. The van der Waals surface area contributed by atoms with Gasteiger partial charge in [0.05, 0.1) is 11.2 Å². The molecule has 0 bridgehead atoms. The summed E-state index contributed by atoms with van der Waals surface area (Å²) in [7, 11) is -3.83. The maximum Gasteiger partial charge on any atom is 0.301 e. The number of hydrogen-bond acceptors (Lipinski definition) is 4. The first-order chi connectivity index (χ1) is 10.2. The minimum absolute atomic E-state index is 0.0192. The molecule has 2 rings (SSSR count). The minimum Gasteiger partial charge on any atom is -0.459 e. The number of carbonyl (C=O) groups excluding carboxylic acids is 1. The molecule has 0 fully saturated rings. The molecule has 0 unspecified atom stereocenters. The van der Waals surface area contributed by atoms with Gasteiger partial charge in [-0.05, 0) is 35.2 Å². The molecule has 118 valence electrons. The van der Waals surface area contributed by atoms with E-state index in [2.05, 4.69) is 5.43 Å². The van der Waals surface area contributed by atoms with E-state index in [0.717, 1.165) is 5.56 Å². The van der Waals surface area contributed by atoms with E-state index in [4.69, 9.17) is 4.42 Å². The van der Waals surface area contributed by atoms with Crippen molar-refractivity contribution in [3.63, 3.8) is 0 Å². The fourth-order valence-corrected chi connectivity index (χ4v) is 2.62. The molecule has 1 aromatic heterocycles. The van der Waals surface area contributed by atoms with E-state index >= 15 is 0 Å². The molecule has 0 saturated carbocycles. The zero-order valence-electron chi connectivity index (χ0n) is 12.6. The number of furan rings is 1. The Kier molecular flexibility index (Phi) is 4.39. The molecule has 0 aliphatic heterocycles. The van der Waals surface area contributed by atoms with Crippen molar-refractivity contribution in [1.29, 1.82) is 0 Å². The molecule has 2 aromatic rings. The summed E-state index contributed by atoms with van der Waals surface area (Å²) in [6, 6.07) is 9.48. The molecule has 1 aromatic carbocycles. The molecular weight excluding hydrogens is 304 g/mol. The first kappa shape index (κ1) is 16.3. The molecule has 2 N–H and O–H groups in total. The zero-order chi connectivity index (χ0) is 16.4. The average molecular weight is 322 g/mol. The van der Waals surface area contributed by atoms with Gasteiger partial charge in [-0.15, -0.1) is 4.83 Å². The summed E-state index contributed by atoms with van der Waals surface area (Å²) >= 11 is 0. The van der Waals surface area contributed by atoms with E-state index in [9.17, 15) is 13.2 Å². The van der Waals surface area contributed by atoms with Crippen molar-refractivity contribution < 1.29 is 17.6 Å². The van der Waals surface area contributed by atoms with Gasteiger partial charge in [0.15, 0.2) is 5.76 Å². The van der Waals surface area contributed by atoms with E-state index in [1.54, 1.807) is 12.1 Å². The number of hydrazine groups is 1. The Morgan fingerprint density at radius 1 is 1.09 bits per heavy atom. The van der Waals surface area contributed by atoms with Crippen LogP contribution in [0.2, 0.25) is 0 Å². The fourth-order valence-electron chi connectivity index (χ4n) is 1.78. The molecule has 6 nitrogen and oxygen atoms in total. The predicted octanol–water partition coefficient (Wildman–Crippen LogP) is 2.20. The van der Waals surface area contributed by atoms with Crippen LogP contribution in [0.15, 0.2) is 52.0 Å². The van der Waals surface area contributed by atoms with Crippen molar-refractivity contribution in [2.45, 2.75) is 31.1 Å². The van der Waals surface area contributed by atoms with E-state index in [0.29, 0.717) is 0 Å². The summed E-state index contributed by atoms with van der Waals surface area (Å²) in [5.74, 6) is -0.648. The van der Waals surface area contributed by atoms with Crippen molar-refractivity contribution in [3.05, 3.63) is 54.0 Å². The highest BCUT2D eigenvalue weighted by atomic mass is 32.2. The lowest BCUT2D eigenvalue weighted by molar-refractivity contribution is 0.0917. The van der Waals surface area contributed by atoms with Crippen molar-refractivity contribution in [2.24, 2.45) is 0 Å². The lowest BCUT2D eigenvalue weighted by atomic mass is 9.87. The molecule has 0 atom stereocenters. The Labute approximate surface area is 129 Å². The Hall–Kier alpha value is -2.12. The Bertz CT molecular complexity index is 742. The van der Waals surface area contributed by atoms with Crippen LogP contribution in [0.3, 0.4) is 0 Å². The van der Waals surface area contributed by atoms with Gasteiger partial charge in [-0.2, -0.15) is 0 Å². The third-order valence-corrected chi connectivity index (χ3v) is 4.34. The van der Waals surface area contributed by atoms with Crippen LogP contribution in [0.25, 0.3) is 0 Å². The highest BCUT2D eigenvalue weighted by Gasteiger charge is 2.19. The summed E-state index contributed by atoms with van der Waals surface area (Å²) in [6.07, 6.45) is 1.33. The van der Waals surface area contributed by atoms with E-state index in [1.807, 2.05) is 25.6 Å². The lowest BCUT2D eigenvalue weighted by Gasteiger charge is -2.19. The number of amides is 1. The summed E-state index contributed by atoms with van der Waals surface area (Å²) in [5, 5.41) is 0. The zero-order valence-corrected chi connectivity index (χ0v) is 13.4. The van der Waals surface area contributed by atoms with Gasteiger partial charge in [-0.1, -0.05) is 32.9 Å². The lowest BCUT2D eigenvalue weighted by Crippen LogP contribution is -2.41. The summed E-state index contributed by atoms with van der Waals surface area (Å²) in [5.41, 5.74) is 3.05. The van der Waals surface area contributed by atoms with Gasteiger partial charge in [-0.25, -0.2) is 8.42 Å². The van der Waals surface area contributed by atoms with Gasteiger partial charge in [0, 0.05) is 0 Å². The van der Waals surface area contributed by atoms with Crippen LogP contribution in [0.5, 0.6) is 0 Å². The van der Waals surface area contributed by atoms with Gasteiger partial charge < -0.3 is 4.42 Å². The highest BCUT2D eigenvalue weighted by Crippen LogP contribution is 2.23. The second-order valence-corrected chi connectivity index (χ2v) is 7.49. The number of sulfonamides is 1. The molecular formula is C15H18N2O4S. The largest absolute Gasteiger partial charge is 0.459 e. The van der Waals surface area contributed by atoms with E-state index < -0.39 is 15.9 Å². The van der Waals surface area contributed by atoms with E-state index in [1.165, 1.54) is 30.5 Å². The number of benzene rings is 1. The molecule has 0 radical (unpaired) electrons. The topological polar surface area (TPSA) is 88.4 Å². The molecule has 0 aliphatic carbocycles. The predicted molar refractivity (Wildman–Crippen MR) is 81.6 cm³/mol. The standard InChI is InChI=1S/C15H18N2O4S/c1-15(2,3)11-6-8-12(9-7-11)22(19,20)17-16-14(18)13-5-4-10-21-13/h4-10,17H,1-3H3,(H,16,18). The van der Waals surface area contributed by atoms with Crippen LogP contribution in [-0.4, -0.2) is 14.3 Å². The van der Waals surface area contributed by atoms with E-state index in [-0.39, 0.29) is 16.1 Å². The second kappa shape index (κ2) is 5.94. The first-order valence-electron chi connectivity index (χ1n) is 6.66. The average Bonchev–Trinajstić information content (AvgIpc) is 2.98. The van der Waals surface area contributed by atoms with Crippen molar-refractivity contribution >= 4 is 15.9 Å². The summed E-state index contributed by atoms with van der Waals surface area (Å²) in [6.45, 7) is 6.12. The third-order valence-electron chi connectivity index (χ3n) is 3.07. The van der Waals surface area contributed by atoms with Gasteiger partial charge in [0.25, 0.3) is 10.0 Å². The van der Waals surface area contributed by atoms with Gasteiger partial charge >= 0.3 is 5.91 Å². The monoisotopic (exact) mass is 322 g/mol. The SMILES string of the molecule is CC(C)(C)c1ccc(S(=O)(=O)NNC(=O)c2ccco2)cc1. The van der Waals surface area contributed by atoms with Crippen LogP contribution >= 0.6 is 0 Å². The molecule has 0 spiro atoms.